The number of amides is 2. The number of ether oxygens (including phenoxy) is 1. The highest BCUT2D eigenvalue weighted by molar-refractivity contribution is 5.84. The number of carbonyl (C=O) groups excluding carboxylic acids is 2. The number of carbonyl (C=O) groups is 3. The molecule has 2 amide bonds. The maximum atomic E-state index is 14.1. The van der Waals surface area contributed by atoms with Crippen LogP contribution in [-0.4, -0.2) is 58.6 Å². The molecule has 1 aliphatic heterocycles. The van der Waals surface area contributed by atoms with Crippen LogP contribution in [0.4, 0.5) is 4.79 Å². The Labute approximate surface area is 230 Å². The van der Waals surface area contributed by atoms with E-state index >= 15 is 0 Å². The molecule has 0 radical (unpaired) electrons. The molecule has 7 heteroatoms. The zero-order chi connectivity index (χ0) is 27.6. The van der Waals surface area contributed by atoms with Gasteiger partial charge in [0.05, 0.1) is 12.5 Å². The summed E-state index contributed by atoms with van der Waals surface area (Å²) in [6.07, 6.45) is 2.02. The van der Waals surface area contributed by atoms with Crippen LogP contribution in [-0.2, 0) is 40.1 Å². The normalized spacial score (nSPS) is 15.2. The van der Waals surface area contributed by atoms with Gasteiger partial charge in [-0.2, -0.15) is 0 Å². The van der Waals surface area contributed by atoms with Gasteiger partial charge in [0.15, 0.2) is 0 Å². The van der Waals surface area contributed by atoms with Crippen molar-refractivity contribution < 1.29 is 24.2 Å². The fourth-order valence-corrected chi connectivity index (χ4v) is 5.10. The SMILES string of the molecule is CCOC(=O)[C@@H](CCc1ccccc1)CN(CCc1ccccc1)C(=O)N1Cc2ccccc2C[C@H]1C(=O)O. The molecule has 0 aliphatic carbocycles. The van der Waals surface area contributed by atoms with Gasteiger partial charge in [0.1, 0.15) is 6.04 Å². The molecular weight excluding hydrogens is 492 g/mol. The fourth-order valence-electron chi connectivity index (χ4n) is 5.10. The van der Waals surface area contributed by atoms with E-state index in [1.165, 1.54) is 4.90 Å². The lowest BCUT2D eigenvalue weighted by Gasteiger charge is -2.38. The number of hydrogen-bond donors (Lipinski definition) is 1. The third-order valence-corrected chi connectivity index (χ3v) is 7.25. The maximum Gasteiger partial charge on any atom is 0.326 e. The van der Waals surface area contributed by atoms with Crippen molar-refractivity contribution in [3.05, 3.63) is 107 Å². The van der Waals surface area contributed by atoms with Crippen molar-refractivity contribution in [2.24, 2.45) is 5.92 Å². The number of rotatable bonds is 11. The number of nitrogens with zero attached hydrogens (tertiary/aromatic N) is 2. The lowest BCUT2D eigenvalue weighted by molar-refractivity contribution is -0.149. The van der Waals surface area contributed by atoms with Crippen LogP contribution < -0.4 is 0 Å². The molecule has 0 saturated heterocycles. The number of benzene rings is 3. The Kier molecular flexibility index (Phi) is 9.73. The first-order valence-electron chi connectivity index (χ1n) is 13.6. The highest BCUT2D eigenvalue weighted by Gasteiger charge is 2.37. The van der Waals surface area contributed by atoms with Crippen molar-refractivity contribution in [3.8, 4) is 0 Å². The second kappa shape index (κ2) is 13.6. The van der Waals surface area contributed by atoms with E-state index < -0.39 is 17.9 Å². The molecule has 0 saturated carbocycles. The van der Waals surface area contributed by atoms with Crippen molar-refractivity contribution in [1.82, 2.24) is 9.80 Å². The van der Waals surface area contributed by atoms with Crippen molar-refractivity contribution >= 4 is 18.0 Å². The largest absolute Gasteiger partial charge is 0.480 e. The smallest absolute Gasteiger partial charge is 0.326 e. The number of carboxylic acid groups (broad SMARTS) is 1. The van der Waals surface area contributed by atoms with Crippen LogP contribution in [0.2, 0.25) is 0 Å². The Balaban J connectivity index is 1.59. The Bertz CT molecular complexity index is 1250. The number of fused-ring (bicyclic) bond motifs is 1. The van der Waals surface area contributed by atoms with Gasteiger partial charge >= 0.3 is 18.0 Å². The molecule has 204 valence electrons. The molecule has 0 fully saturated rings. The van der Waals surface area contributed by atoms with Gasteiger partial charge in [-0.3, -0.25) is 4.79 Å². The van der Waals surface area contributed by atoms with Gasteiger partial charge in [-0.25, -0.2) is 9.59 Å². The lowest BCUT2D eigenvalue weighted by Crippen LogP contribution is -2.55. The van der Waals surface area contributed by atoms with Gasteiger partial charge in [-0.1, -0.05) is 84.9 Å². The first kappa shape index (κ1) is 27.9. The molecule has 3 aromatic rings. The summed E-state index contributed by atoms with van der Waals surface area (Å²) >= 11 is 0. The first-order valence-corrected chi connectivity index (χ1v) is 13.6. The van der Waals surface area contributed by atoms with Crippen LogP contribution in [0.5, 0.6) is 0 Å². The van der Waals surface area contributed by atoms with Crippen LogP contribution in [0.3, 0.4) is 0 Å². The van der Waals surface area contributed by atoms with E-state index in [2.05, 4.69) is 0 Å². The van der Waals surface area contributed by atoms with Gasteiger partial charge in [-0.05, 0) is 48.4 Å². The van der Waals surface area contributed by atoms with Crippen LogP contribution >= 0.6 is 0 Å². The summed E-state index contributed by atoms with van der Waals surface area (Å²) in [6.45, 7) is 2.74. The molecule has 1 N–H and O–H groups in total. The van der Waals surface area contributed by atoms with Crippen molar-refractivity contribution in [1.29, 1.82) is 0 Å². The van der Waals surface area contributed by atoms with Gasteiger partial charge in [-0.15, -0.1) is 0 Å². The fraction of sp³-hybridized carbons (Fsp3) is 0.344. The quantitative estimate of drug-likeness (QED) is 0.355. The number of aliphatic carboxylic acids is 1. The zero-order valence-electron chi connectivity index (χ0n) is 22.4. The lowest BCUT2D eigenvalue weighted by atomic mass is 9.94. The van der Waals surface area contributed by atoms with E-state index in [1.807, 2.05) is 84.9 Å². The number of aryl methyl sites for hydroxylation is 1. The molecule has 1 aliphatic rings. The predicted octanol–water partition coefficient (Wildman–Crippen LogP) is 4.97. The summed E-state index contributed by atoms with van der Waals surface area (Å²) in [5, 5.41) is 10.0. The molecular formula is C32H36N2O5. The Morgan fingerprint density at radius 3 is 2.10 bits per heavy atom. The summed E-state index contributed by atoms with van der Waals surface area (Å²) < 4.78 is 5.40. The monoisotopic (exact) mass is 528 g/mol. The van der Waals surface area contributed by atoms with Crippen molar-refractivity contribution in [2.45, 2.75) is 45.2 Å². The summed E-state index contributed by atoms with van der Waals surface area (Å²) in [5.41, 5.74) is 4.05. The number of esters is 1. The third-order valence-electron chi connectivity index (χ3n) is 7.25. The molecule has 39 heavy (non-hydrogen) atoms. The molecule has 1 heterocycles. The molecule has 0 bridgehead atoms. The van der Waals surface area contributed by atoms with Crippen molar-refractivity contribution in [3.63, 3.8) is 0 Å². The minimum atomic E-state index is -1.04. The highest BCUT2D eigenvalue weighted by atomic mass is 16.5. The number of hydrogen-bond acceptors (Lipinski definition) is 4. The highest BCUT2D eigenvalue weighted by Crippen LogP contribution is 2.26. The van der Waals surface area contributed by atoms with E-state index in [4.69, 9.17) is 4.74 Å². The second-order valence-electron chi connectivity index (χ2n) is 9.89. The standard InChI is InChI=1S/C32H36N2O5/c1-2-39-31(37)28(18-17-24-11-5-3-6-12-24)22-33(20-19-25-13-7-4-8-14-25)32(38)34-23-27-16-10-9-15-26(27)21-29(34)30(35)36/h3-16,28-29H,2,17-23H2,1H3,(H,35,36)/t28-,29-/m0/s1. The third kappa shape index (κ3) is 7.47. The summed E-state index contributed by atoms with van der Waals surface area (Å²) in [7, 11) is 0. The van der Waals surface area contributed by atoms with E-state index in [-0.39, 0.29) is 38.1 Å². The average Bonchev–Trinajstić information content (AvgIpc) is 2.97. The molecule has 7 nitrogen and oxygen atoms in total. The first-order chi connectivity index (χ1) is 19.0. The summed E-state index contributed by atoms with van der Waals surface area (Å²) in [4.78, 5) is 42.5. The molecule has 0 spiro atoms. The molecule has 0 unspecified atom stereocenters. The van der Waals surface area contributed by atoms with Crippen LogP contribution in [0.25, 0.3) is 0 Å². The second-order valence-corrected chi connectivity index (χ2v) is 9.89. The van der Waals surface area contributed by atoms with Gasteiger partial charge in [0, 0.05) is 26.1 Å². The van der Waals surface area contributed by atoms with E-state index in [0.717, 1.165) is 22.3 Å². The van der Waals surface area contributed by atoms with Crippen LogP contribution in [0, 0.1) is 5.92 Å². The average molecular weight is 529 g/mol. The van der Waals surface area contributed by atoms with Crippen molar-refractivity contribution in [2.75, 3.05) is 19.7 Å². The number of carboxylic acids is 1. The maximum absolute atomic E-state index is 14.1. The van der Waals surface area contributed by atoms with E-state index in [1.54, 1.807) is 11.8 Å². The van der Waals surface area contributed by atoms with E-state index in [0.29, 0.717) is 25.8 Å². The molecule has 4 rings (SSSR count). The Morgan fingerprint density at radius 1 is 0.897 bits per heavy atom. The number of urea groups is 1. The molecule has 2 atom stereocenters. The Hall–Kier alpha value is -4.13. The summed E-state index contributed by atoms with van der Waals surface area (Å²) in [6, 6.07) is 26.0. The molecule has 0 aromatic heterocycles. The van der Waals surface area contributed by atoms with Crippen LogP contribution in [0.15, 0.2) is 84.9 Å². The summed E-state index contributed by atoms with van der Waals surface area (Å²) in [5.74, 6) is -1.91. The van der Waals surface area contributed by atoms with Gasteiger partial charge < -0.3 is 19.6 Å². The minimum Gasteiger partial charge on any atom is -0.480 e. The Morgan fingerprint density at radius 2 is 1.49 bits per heavy atom. The van der Waals surface area contributed by atoms with Gasteiger partial charge in [0.2, 0.25) is 0 Å². The predicted molar refractivity (Wildman–Crippen MR) is 149 cm³/mol. The van der Waals surface area contributed by atoms with E-state index in [9.17, 15) is 19.5 Å². The minimum absolute atomic E-state index is 0.155. The molecule has 3 aromatic carbocycles. The topological polar surface area (TPSA) is 87.2 Å². The van der Waals surface area contributed by atoms with Gasteiger partial charge in [0.25, 0.3) is 0 Å². The zero-order valence-corrected chi connectivity index (χ0v) is 22.4. The van der Waals surface area contributed by atoms with Crippen LogP contribution in [0.1, 0.15) is 35.6 Å².